The maximum atomic E-state index is 11.7. The summed E-state index contributed by atoms with van der Waals surface area (Å²) in [6, 6.07) is 7.21. The van der Waals surface area contributed by atoms with Gasteiger partial charge in [-0.3, -0.25) is 0 Å². The summed E-state index contributed by atoms with van der Waals surface area (Å²) < 4.78 is 23.4. The third-order valence-electron chi connectivity index (χ3n) is 4.67. The molecule has 2 fully saturated rings. The van der Waals surface area contributed by atoms with Crippen molar-refractivity contribution in [3.63, 3.8) is 0 Å². The van der Waals surface area contributed by atoms with Crippen LogP contribution in [0.25, 0.3) is 0 Å². The van der Waals surface area contributed by atoms with Crippen LogP contribution in [0.1, 0.15) is 19.3 Å². The smallest absolute Gasteiger partial charge is 0.240 e. The Hall–Kier alpha value is -1.11. The quantitative estimate of drug-likeness (QED) is 0.848. The summed E-state index contributed by atoms with van der Waals surface area (Å²) in [6.45, 7) is 1.71. The Morgan fingerprint density at radius 1 is 1.15 bits per heavy atom. The average Bonchev–Trinajstić information content (AvgIpc) is 2.83. The molecule has 110 valence electrons. The SMILES string of the molecule is NC1CCCC2CN(c3ccccc3S(N)(=O)=O)CC12. The van der Waals surface area contributed by atoms with Crippen LogP contribution < -0.4 is 15.8 Å². The van der Waals surface area contributed by atoms with Gasteiger partial charge in [0, 0.05) is 19.1 Å². The standard InChI is InChI=1S/C14H21N3O2S/c15-12-5-3-4-10-8-17(9-11(10)12)13-6-1-2-7-14(13)20(16,18)19/h1-2,6-7,10-12H,3-5,8-9,15H2,(H2,16,18,19). The summed E-state index contributed by atoms with van der Waals surface area (Å²) in [6.07, 6.45) is 3.44. The van der Waals surface area contributed by atoms with Gasteiger partial charge in [0.1, 0.15) is 4.90 Å². The molecule has 6 heteroatoms. The Bertz CT molecular complexity index is 602. The molecule has 3 rings (SSSR count). The molecular formula is C14H21N3O2S. The monoisotopic (exact) mass is 295 g/mol. The number of nitrogens with zero attached hydrogens (tertiary/aromatic N) is 1. The fraction of sp³-hybridized carbons (Fsp3) is 0.571. The van der Waals surface area contributed by atoms with E-state index < -0.39 is 10.0 Å². The van der Waals surface area contributed by atoms with Gasteiger partial charge in [-0.05, 0) is 36.8 Å². The average molecular weight is 295 g/mol. The second-order valence-corrected chi connectivity index (χ2v) is 7.47. The zero-order chi connectivity index (χ0) is 14.3. The van der Waals surface area contributed by atoms with Gasteiger partial charge in [-0.2, -0.15) is 0 Å². The van der Waals surface area contributed by atoms with Crippen molar-refractivity contribution < 1.29 is 8.42 Å². The summed E-state index contributed by atoms with van der Waals surface area (Å²) >= 11 is 0. The molecule has 1 saturated carbocycles. The zero-order valence-corrected chi connectivity index (χ0v) is 12.2. The lowest BCUT2D eigenvalue weighted by atomic mass is 9.78. The Kier molecular flexibility index (Phi) is 3.48. The number of hydrogen-bond acceptors (Lipinski definition) is 4. The van der Waals surface area contributed by atoms with Crippen LogP contribution in [0.3, 0.4) is 0 Å². The van der Waals surface area contributed by atoms with Gasteiger partial charge in [0.2, 0.25) is 10.0 Å². The van der Waals surface area contributed by atoms with E-state index in [1.165, 1.54) is 12.8 Å². The highest BCUT2D eigenvalue weighted by Crippen LogP contribution is 2.39. The summed E-state index contributed by atoms with van der Waals surface area (Å²) in [7, 11) is -3.69. The number of primary sulfonamides is 1. The first-order valence-corrected chi connectivity index (χ1v) is 8.64. The van der Waals surface area contributed by atoms with Gasteiger partial charge < -0.3 is 10.6 Å². The minimum absolute atomic E-state index is 0.215. The maximum absolute atomic E-state index is 11.7. The lowest BCUT2D eigenvalue weighted by Crippen LogP contribution is -2.38. The molecular weight excluding hydrogens is 274 g/mol. The Morgan fingerprint density at radius 3 is 2.60 bits per heavy atom. The maximum Gasteiger partial charge on any atom is 0.240 e. The molecule has 1 heterocycles. The van der Waals surface area contributed by atoms with Crippen molar-refractivity contribution in [1.82, 2.24) is 0 Å². The number of fused-ring (bicyclic) bond motifs is 1. The molecule has 2 aliphatic rings. The highest BCUT2D eigenvalue weighted by atomic mass is 32.2. The van der Waals surface area contributed by atoms with E-state index in [-0.39, 0.29) is 10.9 Å². The molecule has 1 aromatic carbocycles. The van der Waals surface area contributed by atoms with Crippen LogP contribution in [0.5, 0.6) is 0 Å². The third-order valence-corrected chi connectivity index (χ3v) is 5.62. The number of nitrogens with two attached hydrogens (primary N) is 2. The first-order chi connectivity index (χ1) is 9.47. The molecule has 0 amide bonds. The lowest BCUT2D eigenvalue weighted by Gasteiger charge is -2.29. The molecule has 1 aromatic rings. The van der Waals surface area contributed by atoms with E-state index in [1.54, 1.807) is 12.1 Å². The molecule has 5 nitrogen and oxygen atoms in total. The van der Waals surface area contributed by atoms with Gasteiger partial charge in [-0.15, -0.1) is 0 Å². The highest BCUT2D eigenvalue weighted by molar-refractivity contribution is 7.89. The molecule has 4 N–H and O–H groups in total. The summed E-state index contributed by atoms with van der Waals surface area (Å²) in [4.78, 5) is 2.35. The number of para-hydroxylation sites is 1. The van der Waals surface area contributed by atoms with Gasteiger partial charge in [-0.1, -0.05) is 18.6 Å². The van der Waals surface area contributed by atoms with Gasteiger partial charge in [0.25, 0.3) is 0 Å². The van der Waals surface area contributed by atoms with Crippen LogP contribution in [0.15, 0.2) is 29.2 Å². The van der Waals surface area contributed by atoms with Crippen LogP contribution in [-0.4, -0.2) is 27.5 Å². The van der Waals surface area contributed by atoms with E-state index in [2.05, 4.69) is 4.90 Å². The summed E-state index contributed by atoms with van der Waals surface area (Å²) in [5.74, 6) is 1.05. The minimum Gasteiger partial charge on any atom is -0.370 e. The molecule has 0 bridgehead atoms. The van der Waals surface area contributed by atoms with E-state index >= 15 is 0 Å². The Balaban J connectivity index is 1.92. The van der Waals surface area contributed by atoms with Crippen molar-refractivity contribution in [3.05, 3.63) is 24.3 Å². The molecule has 1 aliphatic carbocycles. The normalized spacial score (nSPS) is 30.3. The molecule has 0 spiro atoms. The van der Waals surface area contributed by atoms with Crippen LogP contribution in [0.2, 0.25) is 0 Å². The number of sulfonamides is 1. The van der Waals surface area contributed by atoms with Crippen LogP contribution >= 0.6 is 0 Å². The molecule has 1 saturated heterocycles. The summed E-state index contributed by atoms with van der Waals surface area (Å²) in [5, 5.41) is 5.32. The van der Waals surface area contributed by atoms with Gasteiger partial charge in [0.15, 0.2) is 0 Å². The third kappa shape index (κ3) is 2.43. The predicted molar refractivity (Wildman–Crippen MR) is 78.8 cm³/mol. The van der Waals surface area contributed by atoms with Crippen LogP contribution in [0, 0.1) is 11.8 Å². The minimum atomic E-state index is -3.69. The first-order valence-electron chi connectivity index (χ1n) is 7.09. The summed E-state index contributed by atoms with van der Waals surface area (Å²) in [5.41, 5.74) is 6.93. The number of hydrogen-bond donors (Lipinski definition) is 2. The molecule has 0 radical (unpaired) electrons. The predicted octanol–water partition coefficient (Wildman–Crippen LogP) is 0.898. The Labute approximate surface area is 120 Å². The molecule has 0 aromatic heterocycles. The van der Waals surface area contributed by atoms with Crippen LogP contribution in [-0.2, 0) is 10.0 Å². The number of anilines is 1. The van der Waals surface area contributed by atoms with E-state index in [0.29, 0.717) is 11.8 Å². The molecule has 20 heavy (non-hydrogen) atoms. The van der Waals surface area contributed by atoms with E-state index in [0.717, 1.165) is 25.2 Å². The first kappa shape index (κ1) is 13.9. The molecule has 3 atom stereocenters. The lowest BCUT2D eigenvalue weighted by molar-refractivity contribution is 0.260. The topological polar surface area (TPSA) is 89.4 Å². The van der Waals surface area contributed by atoms with Gasteiger partial charge in [0.05, 0.1) is 5.69 Å². The zero-order valence-electron chi connectivity index (χ0n) is 11.4. The van der Waals surface area contributed by atoms with Crippen molar-refractivity contribution in [2.45, 2.75) is 30.2 Å². The van der Waals surface area contributed by atoms with E-state index in [1.807, 2.05) is 12.1 Å². The second-order valence-electron chi connectivity index (χ2n) is 5.94. The van der Waals surface area contributed by atoms with Crippen molar-refractivity contribution in [2.24, 2.45) is 22.7 Å². The van der Waals surface area contributed by atoms with E-state index in [9.17, 15) is 8.42 Å². The molecule has 3 unspecified atom stereocenters. The fourth-order valence-electron chi connectivity index (χ4n) is 3.67. The van der Waals surface area contributed by atoms with Gasteiger partial charge >= 0.3 is 0 Å². The van der Waals surface area contributed by atoms with E-state index in [4.69, 9.17) is 10.9 Å². The number of benzene rings is 1. The van der Waals surface area contributed by atoms with Crippen LogP contribution in [0.4, 0.5) is 5.69 Å². The second kappa shape index (κ2) is 5.02. The number of rotatable bonds is 2. The molecule has 1 aliphatic heterocycles. The fourth-order valence-corrected chi connectivity index (χ4v) is 4.43. The van der Waals surface area contributed by atoms with Crippen molar-refractivity contribution in [3.8, 4) is 0 Å². The van der Waals surface area contributed by atoms with Crippen molar-refractivity contribution in [1.29, 1.82) is 0 Å². The highest BCUT2D eigenvalue weighted by Gasteiger charge is 2.39. The van der Waals surface area contributed by atoms with Gasteiger partial charge in [-0.25, -0.2) is 13.6 Å². The Morgan fingerprint density at radius 2 is 1.90 bits per heavy atom. The van der Waals surface area contributed by atoms with Crippen molar-refractivity contribution >= 4 is 15.7 Å². The largest absolute Gasteiger partial charge is 0.370 e. The van der Waals surface area contributed by atoms with Crippen molar-refractivity contribution in [2.75, 3.05) is 18.0 Å².